The summed E-state index contributed by atoms with van der Waals surface area (Å²) in [6.07, 6.45) is 2.44. The van der Waals surface area contributed by atoms with Gasteiger partial charge in [0.05, 0.1) is 0 Å². The van der Waals surface area contributed by atoms with Gasteiger partial charge in [0, 0.05) is 31.0 Å². The van der Waals surface area contributed by atoms with Gasteiger partial charge in [-0.1, -0.05) is 72.8 Å². The molecule has 0 bridgehead atoms. The maximum Gasteiger partial charge on any atom is 0.409 e. The van der Waals surface area contributed by atoms with Crippen LogP contribution < -0.4 is 0 Å². The first kappa shape index (κ1) is 20.1. The molecule has 1 saturated heterocycles. The summed E-state index contributed by atoms with van der Waals surface area (Å²) in [6.45, 7) is 1.44. The van der Waals surface area contributed by atoms with Crippen molar-refractivity contribution in [3.63, 3.8) is 0 Å². The van der Waals surface area contributed by atoms with Gasteiger partial charge in [-0.05, 0) is 39.5 Å². The Kier molecular flexibility index (Phi) is 5.23. The molecule has 160 valence electrons. The number of likely N-dealkylation sites (tertiary alicyclic amines) is 1. The van der Waals surface area contributed by atoms with Gasteiger partial charge in [-0.15, -0.1) is 0 Å². The molecular formula is C27H23NO4. The van der Waals surface area contributed by atoms with Gasteiger partial charge in [0.1, 0.15) is 6.61 Å². The van der Waals surface area contributed by atoms with Crippen molar-refractivity contribution in [2.75, 3.05) is 19.7 Å². The third kappa shape index (κ3) is 3.66. The number of carbonyl (C=O) groups is 2. The highest BCUT2D eigenvalue weighted by Crippen LogP contribution is 2.44. The standard InChI is InChI=1S/C27H23NO4/c29-26(30)14-13-18-7-1-2-8-20(18)19-15-28(16-19)27(31)32-17-25-23-11-5-3-9-21(23)22-10-4-6-12-24(22)25/h1-14,19,25H,15-17H2,(H,29,30)/b14-13+. The largest absolute Gasteiger partial charge is 0.478 e. The van der Waals surface area contributed by atoms with Crippen LogP contribution in [0.3, 0.4) is 0 Å². The fraction of sp³-hybridized carbons (Fsp3) is 0.185. The van der Waals surface area contributed by atoms with E-state index in [1.54, 1.807) is 11.0 Å². The van der Waals surface area contributed by atoms with Crippen LogP contribution in [0, 0.1) is 0 Å². The number of hydrogen-bond acceptors (Lipinski definition) is 3. The minimum Gasteiger partial charge on any atom is -0.478 e. The molecule has 32 heavy (non-hydrogen) atoms. The van der Waals surface area contributed by atoms with Crippen molar-refractivity contribution in [3.05, 3.63) is 101 Å². The minimum atomic E-state index is -0.978. The maximum atomic E-state index is 12.7. The fourth-order valence-electron chi connectivity index (χ4n) is 4.71. The zero-order valence-corrected chi connectivity index (χ0v) is 17.5. The quantitative estimate of drug-likeness (QED) is 0.576. The van der Waals surface area contributed by atoms with E-state index < -0.39 is 5.97 Å². The van der Waals surface area contributed by atoms with Crippen molar-refractivity contribution >= 4 is 18.1 Å². The van der Waals surface area contributed by atoms with Crippen molar-refractivity contribution in [2.45, 2.75) is 11.8 Å². The van der Waals surface area contributed by atoms with Gasteiger partial charge in [-0.2, -0.15) is 0 Å². The Morgan fingerprint density at radius 2 is 1.44 bits per heavy atom. The highest BCUT2D eigenvalue weighted by molar-refractivity contribution is 5.85. The summed E-state index contributed by atoms with van der Waals surface area (Å²) in [5.74, 6) is -0.760. The van der Waals surface area contributed by atoms with E-state index in [9.17, 15) is 9.59 Å². The average Bonchev–Trinajstić information content (AvgIpc) is 3.10. The molecule has 1 aliphatic carbocycles. The average molecular weight is 425 g/mol. The molecule has 5 nitrogen and oxygen atoms in total. The fourth-order valence-corrected chi connectivity index (χ4v) is 4.71. The molecule has 5 heteroatoms. The second-order valence-corrected chi connectivity index (χ2v) is 8.21. The van der Waals surface area contributed by atoms with Crippen molar-refractivity contribution < 1.29 is 19.4 Å². The van der Waals surface area contributed by atoms with Crippen molar-refractivity contribution in [1.29, 1.82) is 0 Å². The van der Waals surface area contributed by atoms with E-state index in [-0.39, 0.29) is 17.9 Å². The third-order valence-corrected chi connectivity index (χ3v) is 6.32. The van der Waals surface area contributed by atoms with Gasteiger partial charge in [-0.3, -0.25) is 0 Å². The monoisotopic (exact) mass is 425 g/mol. The Hall–Kier alpha value is -3.86. The molecular weight excluding hydrogens is 402 g/mol. The summed E-state index contributed by atoms with van der Waals surface area (Å²) in [7, 11) is 0. The molecule has 2 aliphatic rings. The van der Waals surface area contributed by atoms with Crippen LogP contribution in [-0.4, -0.2) is 41.8 Å². The number of carboxylic acid groups (broad SMARTS) is 1. The molecule has 0 unspecified atom stereocenters. The Labute approximate surface area is 186 Å². The van der Waals surface area contributed by atoms with E-state index in [4.69, 9.17) is 9.84 Å². The first-order valence-corrected chi connectivity index (χ1v) is 10.7. The second-order valence-electron chi connectivity index (χ2n) is 8.21. The van der Waals surface area contributed by atoms with Crippen LogP contribution in [0.5, 0.6) is 0 Å². The lowest BCUT2D eigenvalue weighted by Crippen LogP contribution is -2.49. The number of rotatable bonds is 5. The first-order chi connectivity index (χ1) is 15.6. The Morgan fingerprint density at radius 3 is 2.06 bits per heavy atom. The zero-order chi connectivity index (χ0) is 22.1. The van der Waals surface area contributed by atoms with E-state index in [0.29, 0.717) is 19.7 Å². The summed E-state index contributed by atoms with van der Waals surface area (Å²) >= 11 is 0. The van der Waals surface area contributed by atoms with Gasteiger partial charge in [-0.25, -0.2) is 9.59 Å². The number of nitrogens with zero attached hydrogens (tertiary/aromatic N) is 1. The predicted octanol–water partition coefficient (Wildman–Crippen LogP) is 5.13. The summed E-state index contributed by atoms with van der Waals surface area (Å²) < 4.78 is 5.73. The lowest BCUT2D eigenvalue weighted by Gasteiger charge is -2.39. The van der Waals surface area contributed by atoms with Crippen LogP contribution in [0.4, 0.5) is 4.79 Å². The highest BCUT2D eigenvalue weighted by atomic mass is 16.6. The number of amides is 1. The Morgan fingerprint density at radius 1 is 0.875 bits per heavy atom. The van der Waals surface area contributed by atoms with Crippen molar-refractivity contribution in [3.8, 4) is 11.1 Å². The number of aliphatic carboxylic acids is 1. The van der Waals surface area contributed by atoms with Crippen LogP contribution in [0.15, 0.2) is 78.9 Å². The molecule has 1 fully saturated rings. The number of fused-ring (bicyclic) bond motifs is 3. The molecule has 1 heterocycles. The SMILES string of the molecule is O=C(O)/C=C/c1ccccc1C1CN(C(=O)OCC2c3ccccc3-c3ccccc32)C1. The Bertz CT molecular complexity index is 1160. The van der Waals surface area contributed by atoms with Crippen LogP contribution >= 0.6 is 0 Å². The normalized spacial score (nSPS) is 15.3. The first-order valence-electron chi connectivity index (χ1n) is 10.7. The highest BCUT2D eigenvalue weighted by Gasteiger charge is 2.35. The molecule has 1 amide bonds. The van der Waals surface area contributed by atoms with E-state index in [1.807, 2.05) is 48.5 Å². The molecule has 0 aromatic heterocycles. The molecule has 0 saturated carbocycles. The second kappa shape index (κ2) is 8.35. The number of carboxylic acids is 1. The van der Waals surface area contributed by atoms with Gasteiger partial charge < -0.3 is 14.7 Å². The molecule has 1 N–H and O–H groups in total. The third-order valence-electron chi connectivity index (χ3n) is 6.32. The molecule has 0 radical (unpaired) electrons. The zero-order valence-electron chi connectivity index (χ0n) is 17.5. The predicted molar refractivity (Wildman–Crippen MR) is 122 cm³/mol. The summed E-state index contributed by atoms with van der Waals surface area (Å²) in [6, 6.07) is 24.3. The molecule has 1 aliphatic heterocycles. The van der Waals surface area contributed by atoms with Gasteiger partial charge in [0.2, 0.25) is 0 Å². The molecule has 3 aromatic rings. The van der Waals surface area contributed by atoms with E-state index in [0.717, 1.165) is 17.2 Å². The minimum absolute atomic E-state index is 0.0466. The van der Waals surface area contributed by atoms with Crippen LogP contribution in [0.2, 0.25) is 0 Å². The molecule has 5 rings (SSSR count). The summed E-state index contributed by atoms with van der Waals surface area (Å²) in [5.41, 5.74) is 6.72. The van der Waals surface area contributed by atoms with E-state index in [2.05, 4.69) is 24.3 Å². The molecule has 0 atom stereocenters. The Balaban J connectivity index is 1.23. The maximum absolute atomic E-state index is 12.7. The van der Waals surface area contributed by atoms with Crippen LogP contribution in [0.1, 0.15) is 34.1 Å². The lowest BCUT2D eigenvalue weighted by atomic mass is 9.88. The number of hydrogen-bond donors (Lipinski definition) is 1. The number of carbonyl (C=O) groups excluding carboxylic acids is 1. The molecule has 3 aromatic carbocycles. The topological polar surface area (TPSA) is 66.8 Å². The van der Waals surface area contributed by atoms with Crippen molar-refractivity contribution in [1.82, 2.24) is 4.90 Å². The summed E-state index contributed by atoms with van der Waals surface area (Å²) in [4.78, 5) is 25.3. The smallest absolute Gasteiger partial charge is 0.409 e. The van der Waals surface area contributed by atoms with Crippen molar-refractivity contribution in [2.24, 2.45) is 0 Å². The van der Waals surface area contributed by atoms with E-state index >= 15 is 0 Å². The lowest BCUT2D eigenvalue weighted by molar-refractivity contribution is -0.131. The van der Waals surface area contributed by atoms with Gasteiger partial charge in [0.25, 0.3) is 0 Å². The molecule has 0 spiro atoms. The van der Waals surface area contributed by atoms with Gasteiger partial charge >= 0.3 is 12.1 Å². The number of benzene rings is 3. The van der Waals surface area contributed by atoms with E-state index in [1.165, 1.54) is 22.3 Å². The van der Waals surface area contributed by atoms with Crippen LogP contribution in [0.25, 0.3) is 17.2 Å². The van der Waals surface area contributed by atoms with Gasteiger partial charge in [0.15, 0.2) is 0 Å². The number of ether oxygens (including phenoxy) is 1. The van der Waals surface area contributed by atoms with Crippen LogP contribution in [-0.2, 0) is 9.53 Å². The summed E-state index contributed by atoms with van der Waals surface area (Å²) in [5, 5.41) is 8.91.